The first-order chi connectivity index (χ1) is 2.89. The summed E-state index contributed by atoms with van der Waals surface area (Å²) in [6, 6.07) is 0. The van der Waals surface area contributed by atoms with Crippen LogP contribution in [0.1, 0.15) is 6.92 Å². The van der Waals surface area contributed by atoms with Gasteiger partial charge in [-0.1, -0.05) is 0 Å². The van der Waals surface area contributed by atoms with E-state index in [1.807, 2.05) is 6.92 Å². The van der Waals surface area contributed by atoms with Crippen molar-refractivity contribution in [3.8, 4) is 0 Å². The van der Waals surface area contributed by atoms with Crippen molar-refractivity contribution in [1.29, 1.82) is 0 Å². The largest absolute Gasteiger partial charge is 0.356 e. The quantitative estimate of drug-likeness (QED) is 0.452. The van der Waals surface area contributed by atoms with Gasteiger partial charge in [-0.3, -0.25) is 5.32 Å². The molecule has 1 atom stereocenters. The van der Waals surface area contributed by atoms with Crippen LogP contribution in [0.5, 0.6) is 0 Å². The molecule has 0 spiro atoms. The minimum absolute atomic E-state index is 0.241. The van der Waals surface area contributed by atoms with Gasteiger partial charge in [0, 0.05) is 6.54 Å². The van der Waals surface area contributed by atoms with Gasteiger partial charge in [-0.15, -0.1) is 0 Å². The Hall–Kier alpha value is -0.0800. The second-order valence-corrected chi connectivity index (χ2v) is 1.35. The summed E-state index contributed by atoms with van der Waals surface area (Å²) < 4.78 is 4.92. The van der Waals surface area contributed by atoms with Crippen molar-refractivity contribution in [2.45, 2.75) is 13.2 Å². The highest BCUT2D eigenvalue weighted by Crippen LogP contribution is 1.94. The second-order valence-electron chi connectivity index (χ2n) is 1.35. The molecule has 1 radical (unpaired) electrons. The van der Waals surface area contributed by atoms with Crippen molar-refractivity contribution >= 4 is 0 Å². The standard InChI is InChI=1S/C4H8NO/c1-4-5-2-3-6-4/h3-5H,2H2,1H3. The first-order valence-corrected chi connectivity index (χ1v) is 2.10. The van der Waals surface area contributed by atoms with E-state index in [1.54, 1.807) is 6.61 Å². The fourth-order valence-electron chi connectivity index (χ4n) is 0.455. The van der Waals surface area contributed by atoms with Crippen LogP contribution in [0, 0.1) is 6.61 Å². The molecule has 0 aromatic carbocycles. The molecule has 0 bridgehead atoms. The van der Waals surface area contributed by atoms with Gasteiger partial charge >= 0.3 is 0 Å². The molecule has 0 aromatic heterocycles. The van der Waals surface area contributed by atoms with E-state index in [1.165, 1.54) is 0 Å². The molecule has 35 valence electrons. The lowest BCUT2D eigenvalue weighted by molar-refractivity contribution is 0.157. The van der Waals surface area contributed by atoms with Crippen molar-refractivity contribution in [3.63, 3.8) is 0 Å². The maximum atomic E-state index is 4.92. The van der Waals surface area contributed by atoms with E-state index in [0.29, 0.717) is 0 Å². The van der Waals surface area contributed by atoms with E-state index in [9.17, 15) is 0 Å². The number of rotatable bonds is 0. The lowest BCUT2D eigenvalue weighted by Crippen LogP contribution is -2.17. The van der Waals surface area contributed by atoms with Gasteiger partial charge in [0.05, 0.1) is 6.61 Å². The summed E-state index contributed by atoms with van der Waals surface area (Å²) in [5.41, 5.74) is 0. The van der Waals surface area contributed by atoms with Crippen molar-refractivity contribution in [2.75, 3.05) is 6.54 Å². The van der Waals surface area contributed by atoms with Gasteiger partial charge in [-0.25, -0.2) is 0 Å². The molecular formula is C4H8NO. The molecule has 0 aromatic rings. The molecule has 1 rings (SSSR count). The van der Waals surface area contributed by atoms with Crippen LogP contribution < -0.4 is 5.32 Å². The van der Waals surface area contributed by atoms with Gasteiger partial charge < -0.3 is 4.74 Å². The second kappa shape index (κ2) is 1.58. The fraction of sp³-hybridized carbons (Fsp3) is 0.750. The Morgan fingerprint density at radius 3 is 3.00 bits per heavy atom. The lowest BCUT2D eigenvalue weighted by Gasteiger charge is -1.95. The number of nitrogens with one attached hydrogen (secondary N) is 1. The highest BCUT2D eigenvalue weighted by atomic mass is 16.5. The summed E-state index contributed by atoms with van der Waals surface area (Å²) in [6.45, 7) is 4.63. The van der Waals surface area contributed by atoms with E-state index in [-0.39, 0.29) is 6.23 Å². The summed E-state index contributed by atoms with van der Waals surface area (Å²) in [7, 11) is 0. The van der Waals surface area contributed by atoms with Crippen LogP contribution in [0.4, 0.5) is 0 Å². The molecule has 2 heteroatoms. The van der Waals surface area contributed by atoms with Crippen molar-refractivity contribution in [1.82, 2.24) is 5.32 Å². The van der Waals surface area contributed by atoms with Gasteiger partial charge in [0.2, 0.25) is 0 Å². The summed E-state index contributed by atoms with van der Waals surface area (Å²) >= 11 is 0. The van der Waals surface area contributed by atoms with E-state index >= 15 is 0 Å². The first-order valence-electron chi connectivity index (χ1n) is 2.10. The highest BCUT2D eigenvalue weighted by molar-refractivity contribution is 4.65. The Balaban J connectivity index is 2.18. The molecule has 1 N–H and O–H groups in total. The molecule has 6 heavy (non-hydrogen) atoms. The van der Waals surface area contributed by atoms with Crippen molar-refractivity contribution < 1.29 is 4.74 Å². The lowest BCUT2D eigenvalue weighted by atomic mass is 10.7. The zero-order valence-electron chi connectivity index (χ0n) is 3.77. The van der Waals surface area contributed by atoms with Crippen LogP contribution in [-0.4, -0.2) is 12.8 Å². The zero-order chi connectivity index (χ0) is 4.41. The number of hydrogen-bond acceptors (Lipinski definition) is 2. The average Bonchev–Trinajstić information content (AvgIpc) is 1.86. The van der Waals surface area contributed by atoms with E-state index in [2.05, 4.69) is 5.32 Å². The van der Waals surface area contributed by atoms with Gasteiger partial charge in [0.25, 0.3) is 0 Å². The van der Waals surface area contributed by atoms with Gasteiger partial charge in [0.1, 0.15) is 6.23 Å². The Morgan fingerprint density at radius 2 is 2.83 bits per heavy atom. The molecule has 1 fully saturated rings. The topological polar surface area (TPSA) is 21.3 Å². The third-order valence-electron chi connectivity index (χ3n) is 0.789. The zero-order valence-corrected chi connectivity index (χ0v) is 3.77. The maximum absolute atomic E-state index is 4.92. The maximum Gasteiger partial charge on any atom is 0.105 e. The number of hydrogen-bond donors (Lipinski definition) is 1. The Kier molecular flexibility index (Phi) is 1.08. The molecular weight excluding hydrogens is 78.0 g/mol. The predicted molar refractivity (Wildman–Crippen MR) is 22.8 cm³/mol. The third kappa shape index (κ3) is 0.698. The van der Waals surface area contributed by atoms with Crippen LogP contribution in [0.2, 0.25) is 0 Å². The smallest absolute Gasteiger partial charge is 0.105 e. The Morgan fingerprint density at radius 1 is 2.00 bits per heavy atom. The van der Waals surface area contributed by atoms with Crippen LogP contribution in [0.25, 0.3) is 0 Å². The Bertz CT molecular complexity index is 40.8. The molecule has 1 unspecified atom stereocenters. The minimum Gasteiger partial charge on any atom is -0.356 e. The molecule has 1 saturated heterocycles. The van der Waals surface area contributed by atoms with Crippen molar-refractivity contribution in [2.24, 2.45) is 0 Å². The van der Waals surface area contributed by atoms with Gasteiger partial charge in [-0.2, -0.15) is 0 Å². The number of ether oxygens (including phenoxy) is 1. The minimum atomic E-state index is 0.241. The molecule has 0 aliphatic carbocycles. The molecule has 1 aliphatic heterocycles. The van der Waals surface area contributed by atoms with Gasteiger partial charge in [0.15, 0.2) is 0 Å². The highest BCUT2D eigenvalue weighted by Gasteiger charge is 2.06. The van der Waals surface area contributed by atoms with Crippen LogP contribution >= 0.6 is 0 Å². The Labute approximate surface area is 37.5 Å². The first kappa shape index (κ1) is 4.09. The monoisotopic (exact) mass is 86.1 g/mol. The van der Waals surface area contributed by atoms with Crippen LogP contribution in [0.15, 0.2) is 0 Å². The van der Waals surface area contributed by atoms with E-state index in [0.717, 1.165) is 6.54 Å². The molecule has 1 heterocycles. The summed E-state index contributed by atoms with van der Waals surface area (Å²) in [6.07, 6.45) is 0.241. The molecule has 2 nitrogen and oxygen atoms in total. The van der Waals surface area contributed by atoms with Crippen molar-refractivity contribution in [3.05, 3.63) is 6.61 Å². The van der Waals surface area contributed by atoms with Crippen LogP contribution in [0.3, 0.4) is 0 Å². The molecule has 1 aliphatic rings. The van der Waals surface area contributed by atoms with E-state index < -0.39 is 0 Å². The third-order valence-corrected chi connectivity index (χ3v) is 0.789. The average molecular weight is 86.1 g/mol. The predicted octanol–water partition coefficient (Wildman–Crippen LogP) is 0.114. The van der Waals surface area contributed by atoms with Crippen LogP contribution in [-0.2, 0) is 4.74 Å². The fourth-order valence-corrected chi connectivity index (χ4v) is 0.455. The van der Waals surface area contributed by atoms with E-state index in [4.69, 9.17) is 4.74 Å². The summed E-state index contributed by atoms with van der Waals surface area (Å²) in [5, 5.41) is 3.04. The SMILES string of the molecule is CC1NC[CH]O1. The summed E-state index contributed by atoms with van der Waals surface area (Å²) in [5.74, 6) is 0. The molecule has 0 saturated carbocycles. The normalized spacial score (nSPS) is 34.5. The van der Waals surface area contributed by atoms with Gasteiger partial charge in [-0.05, 0) is 6.92 Å². The summed E-state index contributed by atoms with van der Waals surface area (Å²) in [4.78, 5) is 0. The molecule has 0 amide bonds.